The van der Waals surface area contributed by atoms with Crippen LogP contribution in [0.1, 0.15) is 39.0 Å². The summed E-state index contributed by atoms with van der Waals surface area (Å²) in [5.74, 6) is 1.92. The molecule has 0 aromatic heterocycles. The van der Waals surface area contributed by atoms with Crippen LogP contribution in [0, 0.1) is 5.92 Å². The molecule has 17 heavy (non-hydrogen) atoms. The summed E-state index contributed by atoms with van der Waals surface area (Å²) >= 11 is 1.78. The fraction of sp³-hybridized carbons (Fsp3) is 0.923. The zero-order valence-corrected chi connectivity index (χ0v) is 12.4. The smallest absolute Gasteiger partial charge is 0.222 e. The van der Waals surface area contributed by atoms with Crippen molar-refractivity contribution in [1.29, 1.82) is 0 Å². The molecule has 1 unspecified atom stereocenters. The number of hydrogen-bond acceptors (Lipinski definition) is 3. The topological polar surface area (TPSA) is 46.3 Å². The van der Waals surface area contributed by atoms with Crippen LogP contribution in [0.5, 0.6) is 0 Å². The molecule has 102 valence electrons. The molecular formula is C13H28N2OS. The van der Waals surface area contributed by atoms with Gasteiger partial charge in [0.15, 0.2) is 0 Å². The summed E-state index contributed by atoms with van der Waals surface area (Å²) in [4.78, 5) is 13.7. The van der Waals surface area contributed by atoms with Crippen LogP contribution in [0.15, 0.2) is 0 Å². The van der Waals surface area contributed by atoms with Crippen molar-refractivity contribution in [2.24, 2.45) is 11.7 Å². The summed E-state index contributed by atoms with van der Waals surface area (Å²) in [5.41, 5.74) is 5.59. The van der Waals surface area contributed by atoms with Gasteiger partial charge in [-0.25, -0.2) is 0 Å². The highest BCUT2D eigenvalue weighted by Crippen LogP contribution is 2.17. The largest absolute Gasteiger partial charge is 0.345 e. The molecule has 0 saturated heterocycles. The van der Waals surface area contributed by atoms with Gasteiger partial charge >= 0.3 is 0 Å². The van der Waals surface area contributed by atoms with E-state index in [0.29, 0.717) is 12.3 Å². The van der Waals surface area contributed by atoms with Crippen LogP contribution in [-0.2, 0) is 4.79 Å². The molecule has 0 bridgehead atoms. The number of carbonyl (C=O) groups is 1. The third-order valence-corrected chi connectivity index (χ3v) is 3.69. The fourth-order valence-corrected chi connectivity index (χ4v) is 2.40. The van der Waals surface area contributed by atoms with E-state index in [1.165, 1.54) is 12.8 Å². The molecule has 0 aliphatic rings. The second-order valence-corrected chi connectivity index (χ2v) is 5.56. The van der Waals surface area contributed by atoms with E-state index in [-0.39, 0.29) is 5.91 Å². The highest BCUT2D eigenvalue weighted by Gasteiger charge is 2.12. The Morgan fingerprint density at radius 3 is 2.59 bits per heavy atom. The molecule has 0 fully saturated rings. The van der Waals surface area contributed by atoms with Gasteiger partial charge in [0.1, 0.15) is 0 Å². The second-order valence-electron chi connectivity index (χ2n) is 4.58. The van der Waals surface area contributed by atoms with E-state index in [9.17, 15) is 4.79 Å². The lowest BCUT2D eigenvalue weighted by atomic mass is 9.94. The summed E-state index contributed by atoms with van der Waals surface area (Å²) in [7, 11) is 1.90. The third kappa shape index (κ3) is 8.50. The molecule has 0 heterocycles. The molecule has 0 saturated carbocycles. The molecule has 0 spiro atoms. The van der Waals surface area contributed by atoms with Crippen molar-refractivity contribution in [2.45, 2.75) is 39.0 Å². The minimum atomic E-state index is 0.275. The minimum Gasteiger partial charge on any atom is -0.345 e. The first-order chi connectivity index (χ1) is 8.15. The van der Waals surface area contributed by atoms with E-state index in [4.69, 9.17) is 5.73 Å². The Balaban J connectivity index is 3.85. The molecule has 4 heteroatoms. The van der Waals surface area contributed by atoms with Crippen molar-refractivity contribution in [3.8, 4) is 0 Å². The molecule has 0 aliphatic heterocycles. The predicted molar refractivity (Wildman–Crippen MR) is 77.3 cm³/mol. The van der Waals surface area contributed by atoms with Gasteiger partial charge in [-0.15, -0.1) is 0 Å². The van der Waals surface area contributed by atoms with Crippen LogP contribution in [-0.4, -0.2) is 43.0 Å². The number of rotatable bonds is 10. The van der Waals surface area contributed by atoms with Gasteiger partial charge in [-0.3, -0.25) is 4.79 Å². The normalized spacial score (nSPS) is 12.5. The van der Waals surface area contributed by atoms with Crippen molar-refractivity contribution in [3.05, 3.63) is 0 Å². The fourth-order valence-electron chi connectivity index (χ4n) is 1.95. The number of amides is 1. The first-order valence-electron chi connectivity index (χ1n) is 6.58. The average Bonchev–Trinajstić information content (AvgIpc) is 2.33. The molecule has 0 aliphatic carbocycles. The summed E-state index contributed by atoms with van der Waals surface area (Å²) in [6.07, 6.45) is 7.16. The summed E-state index contributed by atoms with van der Waals surface area (Å²) < 4.78 is 0. The van der Waals surface area contributed by atoms with E-state index in [2.05, 4.69) is 13.2 Å². The summed E-state index contributed by atoms with van der Waals surface area (Å²) in [6.45, 7) is 3.78. The lowest BCUT2D eigenvalue weighted by Crippen LogP contribution is -2.29. The monoisotopic (exact) mass is 260 g/mol. The molecular weight excluding hydrogens is 232 g/mol. The zero-order chi connectivity index (χ0) is 13.1. The van der Waals surface area contributed by atoms with Crippen LogP contribution in [0.25, 0.3) is 0 Å². The molecule has 0 aromatic rings. The highest BCUT2D eigenvalue weighted by molar-refractivity contribution is 7.98. The Kier molecular flexibility index (Phi) is 10.8. The Morgan fingerprint density at radius 1 is 1.35 bits per heavy atom. The van der Waals surface area contributed by atoms with Gasteiger partial charge in [-0.2, -0.15) is 11.8 Å². The number of nitrogens with two attached hydrogens (primary N) is 1. The predicted octanol–water partition coefficient (Wildman–Crippen LogP) is 2.35. The van der Waals surface area contributed by atoms with Gasteiger partial charge in [-0.1, -0.05) is 19.8 Å². The lowest BCUT2D eigenvalue weighted by Gasteiger charge is -2.19. The standard InChI is InChI=1S/C13H28N2OS/c1-4-5-12(8-9-14)6-7-13(16)15(2)10-11-17-3/h12H,4-11,14H2,1-3H3. The van der Waals surface area contributed by atoms with Crippen molar-refractivity contribution >= 4 is 17.7 Å². The average molecular weight is 260 g/mol. The van der Waals surface area contributed by atoms with Crippen LogP contribution in [0.3, 0.4) is 0 Å². The molecule has 2 N–H and O–H groups in total. The van der Waals surface area contributed by atoms with Gasteiger partial charge in [-0.05, 0) is 31.6 Å². The number of thioether (sulfide) groups is 1. The van der Waals surface area contributed by atoms with Crippen LogP contribution in [0.2, 0.25) is 0 Å². The number of nitrogens with zero attached hydrogens (tertiary/aromatic N) is 1. The van der Waals surface area contributed by atoms with Crippen LogP contribution < -0.4 is 5.73 Å². The maximum atomic E-state index is 11.8. The van der Waals surface area contributed by atoms with E-state index in [1.807, 2.05) is 11.9 Å². The van der Waals surface area contributed by atoms with Crippen LogP contribution in [0.4, 0.5) is 0 Å². The molecule has 1 amide bonds. The number of hydrogen-bond donors (Lipinski definition) is 1. The molecule has 0 radical (unpaired) electrons. The van der Waals surface area contributed by atoms with Crippen molar-refractivity contribution < 1.29 is 4.79 Å². The maximum absolute atomic E-state index is 11.8. The Bertz CT molecular complexity index is 194. The second kappa shape index (κ2) is 10.9. The Hall–Kier alpha value is -0.220. The third-order valence-electron chi connectivity index (χ3n) is 3.09. The van der Waals surface area contributed by atoms with Crippen molar-refractivity contribution in [3.63, 3.8) is 0 Å². The molecule has 3 nitrogen and oxygen atoms in total. The van der Waals surface area contributed by atoms with Gasteiger partial charge in [0, 0.05) is 25.8 Å². The van der Waals surface area contributed by atoms with Gasteiger partial charge in [0.05, 0.1) is 0 Å². The zero-order valence-electron chi connectivity index (χ0n) is 11.6. The molecule has 0 aromatic carbocycles. The summed E-state index contributed by atoms with van der Waals surface area (Å²) in [5, 5.41) is 0. The van der Waals surface area contributed by atoms with Gasteiger partial charge in [0.25, 0.3) is 0 Å². The Labute approximate surface area is 111 Å². The van der Waals surface area contributed by atoms with E-state index in [1.54, 1.807) is 11.8 Å². The Morgan fingerprint density at radius 2 is 2.06 bits per heavy atom. The van der Waals surface area contributed by atoms with E-state index in [0.717, 1.165) is 31.7 Å². The molecule has 0 rings (SSSR count). The number of carbonyl (C=O) groups excluding carboxylic acids is 1. The summed E-state index contributed by atoms with van der Waals surface area (Å²) in [6, 6.07) is 0. The first-order valence-corrected chi connectivity index (χ1v) is 7.98. The minimum absolute atomic E-state index is 0.275. The SMILES string of the molecule is CCCC(CCN)CCC(=O)N(C)CCSC. The van der Waals surface area contributed by atoms with E-state index >= 15 is 0 Å². The van der Waals surface area contributed by atoms with Crippen molar-refractivity contribution in [1.82, 2.24) is 4.90 Å². The quantitative estimate of drug-likeness (QED) is 0.656. The molecule has 1 atom stereocenters. The van der Waals surface area contributed by atoms with Crippen molar-refractivity contribution in [2.75, 3.05) is 32.1 Å². The van der Waals surface area contributed by atoms with E-state index < -0.39 is 0 Å². The van der Waals surface area contributed by atoms with Crippen LogP contribution >= 0.6 is 11.8 Å². The van der Waals surface area contributed by atoms with Gasteiger partial charge < -0.3 is 10.6 Å². The highest BCUT2D eigenvalue weighted by atomic mass is 32.2. The van der Waals surface area contributed by atoms with Gasteiger partial charge in [0.2, 0.25) is 5.91 Å². The lowest BCUT2D eigenvalue weighted by molar-refractivity contribution is -0.130. The first kappa shape index (κ1) is 16.8. The maximum Gasteiger partial charge on any atom is 0.222 e.